The molecule has 0 fully saturated rings. The van der Waals surface area contributed by atoms with Crippen molar-refractivity contribution in [3.63, 3.8) is 0 Å². The highest BCUT2D eigenvalue weighted by Gasteiger charge is 2.22. The lowest BCUT2D eigenvalue weighted by molar-refractivity contribution is 0.0104. The number of carbonyl (C=O) groups excluding carboxylic acids is 2. The standard InChI is InChI=1S/C16H22FNO5/c1-16(2,3)23-15(22)18-7-6-13(20)14(21)11-5-4-10(9-19)8-12(11)17/h4-5,8-9,13-14,20-21H,6-7H2,1-3H3,(H,18,22). The zero-order chi connectivity index (χ0) is 17.6. The molecule has 0 saturated heterocycles. The molecule has 0 spiro atoms. The van der Waals surface area contributed by atoms with E-state index in [1.807, 2.05) is 0 Å². The lowest BCUT2D eigenvalue weighted by Crippen LogP contribution is -2.34. The molecule has 1 aromatic rings. The minimum absolute atomic E-state index is 0.00921. The first-order chi connectivity index (χ1) is 10.6. The predicted molar refractivity (Wildman–Crippen MR) is 81.6 cm³/mol. The number of alkyl carbamates (subject to hydrolysis) is 1. The Labute approximate surface area is 134 Å². The van der Waals surface area contributed by atoms with E-state index < -0.39 is 29.7 Å². The Balaban J connectivity index is 2.53. The third-order valence-electron chi connectivity index (χ3n) is 2.95. The molecule has 7 heteroatoms. The molecule has 0 aromatic heterocycles. The van der Waals surface area contributed by atoms with Crippen molar-refractivity contribution in [2.75, 3.05) is 6.54 Å². The largest absolute Gasteiger partial charge is 0.444 e. The van der Waals surface area contributed by atoms with E-state index in [1.165, 1.54) is 12.1 Å². The normalized spacial score (nSPS) is 14.0. The number of rotatable bonds is 6. The molecule has 0 aliphatic rings. The number of hydrogen-bond donors (Lipinski definition) is 3. The smallest absolute Gasteiger partial charge is 0.407 e. The number of halogens is 1. The van der Waals surface area contributed by atoms with Gasteiger partial charge in [0.05, 0.1) is 6.10 Å². The Morgan fingerprint density at radius 2 is 2.04 bits per heavy atom. The van der Waals surface area contributed by atoms with Gasteiger partial charge in [-0.3, -0.25) is 4.79 Å². The number of aliphatic hydroxyl groups is 2. The van der Waals surface area contributed by atoms with Crippen molar-refractivity contribution in [1.29, 1.82) is 0 Å². The molecule has 2 unspecified atom stereocenters. The van der Waals surface area contributed by atoms with E-state index in [0.717, 1.165) is 6.07 Å². The molecular weight excluding hydrogens is 305 g/mol. The second kappa shape index (κ2) is 8.03. The number of ether oxygens (including phenoxy) is 1. The topological polar surface area (TPSA) is 95.9 Å². The zero-order valence-electron chi connectivity index (χ0n) is 13.4. The Morgan fingerprint density at radius 1 is 1.39 bits per heavy atom. The average Bonchev–Trinajstić information content (AvgIpc) is 2.44. The molecule has 2 atom stereocenters. The molecular formula is C16H22FNO5. The number of nitrogens with one attached hydrogen (secondary N) is 1. The molecule has 1 amide bonds. The number of aldehydes is 1. The molecule has 0 saturated carbocycles. The van der Waals surface area contributed by atoms with Crippen LogP contribution in [0.4, 0.5) is 9.18 Å². The van der Waals surface area contributed by atoms with Gasteiger partial charge in [-0.2, -0.15) is 0 Å². The van der Waals surface area contributed by atoms with Crippen LogP contribution in [0.5, 0.6) is 0 Å². The van der Waals surface area contributed by atoms with Crippen molar-refractivity contribution in [1.82, 2.24) is 5.32 Å². The fraction of sp³-hybridized carbons (Fsp3) is 0.500. The summed E-state index contributed by atoms with van der Waals surface area (Å²) in [6, 6.07) is 3.58. The van der Waals surface area contributed by atoms with Crippen molar-refractivity contribution < 1.29 is 28.9 Å². The van der Waals surface area contributed by atoms with Gasteiger partial charge in [-0.05, 0) is 33.3 Å². The monoisotopic (exact) mass is 327 g/mol. The summed E-state index contributed by atoms with van der Waals surface area (Å²) in [4.78, 5) is 22.0. The first-order valence-electron chi connectivity index (χ1n) is 7.21. The minimum atomic E-state index is -1.46. The molecule has 0 radical (unpaired) electrons. The molecule has 3 N–H and O–H groups in total. The third kappa shape index (κ3) is 6.33. The van der Waals surface area contributed by atoms with Crippen molar-refractivity contribution in [3.05, 3.63) is 35.1 Å². The summed E-state index contributed by atoms with van der Waals surface area (Å²) in [5.74, 6) is -0.777. The summed E-state index contributed by atoms with van der Waals surface area (Å²) < 4.78 is 18.8. The molecule has 0 aliphatic heterocycles. The van der Waals surface area contributed by atoms with Crippen molar-refractivity contribution in [2.45, 2.75) is 45.0 Å². The van der Waals surface area contributed by atoms with Crippen LogP contribution in [-0.4, -0.2) is 40.8 Å². The Kier molecular flexibility index (Phi) is 6.65. The van der Waals surface area contributed by atoms with Gasteiger partial charge in [0, 0.05) is 17.7 Å². The van der Waals surface area contributed by atoms with Crippen LogP contribution in [0.25, 0.3) is 0 Å². The second-order valence-electron chi connectivity index (χ2n) is 6.13. The van der Waals surface area contributed by atoms with E-state index in [2.05, 4.69) is 5.32 Å². The predicted octanol–water partition coefficient (Wildman–Crippen LogP) is 1.95. The maximum Gasteiger partial charge on any atom is 0.407 e. The number of aliphatic hydroxyl groups excluding tert-OH is 2. The fourth-order valence-electron chi connectivity index (χ4n) is 1.86. The summed E-state index contributed by atoms with van der Waals surface area (Å²) >= 11 is 0. The molecule has 0 bridgehead atoms. The van der Waals surface area contributed by atoms with Crippen LogP contribution in [0, 0.1) is 5.82 Å². The summed E-state index contributed by atoms with van der Waals surface area (Å²) in [7, 11) is 0. The summed E-state index contributed by atoms with van der Waals surface area (Å²) in [5, 5.41) is 22.3. The maximum absolute atomic E-state index is 13.8. The average molecular weight is 327 g/mol. The van der Waals surface area contributed by atoms with Gasteiger partial charge in [-0.25, -0.2) is 9.18 Å². The quantitative estimate of drug-likeness (QED) is 0.694. The highest BCUT2D eigenvalue weighted by atomic mass is 19.1. The fourth-order valence-corrected chi connectivity index (χ4v) is 1.86. The van der Waals surface area contributed by atoms with Crippen LogP contribution >= 0.6 is 0 Å². The molecule has 1 aromatic carbocycles. The Morgan fingerprint density at radius 3 is 2.57 bits per heavy atom. The Hall–Kier alpha value is -1.99. The SMILES string of the molecule is CC(C)(C)OC(=O)NCCC(O)C(O)c1ccc(C=O)cc1F. The molecule has 0 heterocycles. The maximum atomic E-state index is 13.8. The summed E-state index contributed by atoms with van der Waals surface area (Å²) in [6.07, 6.45) is -2.88. The van der Waals surface area contributed by atoms with Gasteiger partial charge in [-0.15, -0.1) is 0 Å². The second-order valence-corrected chi connectivity index (χ2v) is 6.13. The number of hydrogen-bond acceptors (Lipinski definition) is 5. The number of amides is 1. The lowest BCUT2D eigenvalue weighted by atomic mass is 10.0. The highest BCUT2D eigenvalue weighted by molar-refractivity contribution is 5.74. The summed E-state index contributed by atoms with van der Waals surface area (Å²) in [5.41, 5.74) is -0.606. The van der Waals surface area contributed by atoms with E-state index in [1.54, 1.807) is 20.8 Å². The van der Waals surface area contributed by atoms with E-state index in [0.29, 0.717) is 6.29 Å². The van der Waals surface area contributed by atoms with Gasteiger partial charge in [-0.1, -0.05) is 12.1 Å². The first kappa shape index (κ1) is 19.1. The van der Waals surface area contributed by atoms with Crippen LogP contribution in [-0.2, 0) is 4.74 Å². The van der Waals surface area contributed by atoms with Crippen molar-refractivity contribution in [2.24, 2.45) is 0 Å². The van der Waals surface area contributed by atoms with Crippen molar-refractivity contribution >= 4 is 12.4 Å². The summed E-state index contributed by atoms with van der Waals surface area (Å²) in [6.45, 7) is 5.21. The van der Waals surface area contributed by atoms with Crippen LogP contribution in [0.15, 0.2) is 18.2 Å². The number of benzene rings is 1. The molecule has 1 rings (SSSR count). The zero-order valence-corrected chi connectivity index (χ0v) is 13.4. The molecule has 23 heavy (non-hydrogen) atoms. The van der Waals surface area contributed by atoms with Crippen LogP contribution in [0.3, 0.4) is 0 Å². The Bertz CT molecular complexity index is 556. The first-order valence-corrected chi connectivity index (χ1v) is 7.21. The highest BCUT2D eigenvalue weighted by Crippen LogP contribution is 2.22. The van der Waals surface area contributed by atoms with Crippen LogP contribution < -0.4 is 5.32 Å². The van der Waals surface area contributed by atoms with Gasteiger partial charge in [0.15, 0.2) is 0 Å². The van der Waals surface area contributed by atoms with E-state index in [4.69, 9.17) is 4.74 Å². The minimum Gasteiger partial charge on any atom is -0.444 e. The third-order valence-corrected chi connectivity index (χ3v) is 2.95. The van der Waals surface area contributed by atoms with Gasteiger partial charge >= 0.3 is 6.09 Å². The molecule has 6 nitrogen and oxygen atoms in total. The van der Waals surface area contributed by atoms with Gasteiger partial charge in [0.2, 0.25) is 0 Å². The molecule has 0 aliphatic carbocycles. The van der Waals surface area contributed by atoms with Crippen molar-refractivity contribution in [3.8, 4) is 0 Å². The molecule has 128 valence electrons. The lowest BCUT2D eigenvalue weighted by Gasteiger charge is -2.21. The van der Waals surface area contributed by atoms with Gasteiger partial charge < -0.3 is 20.3 Å². The van der Waals surface area contributed by atoms with Gasteiger partial charge in [0.1, 0.15) is 23.8 Å². The van der Waals surface area contributed by atoms with Gasteiger partial charge in [0.25, 0.3) is 0 Å². The number of carbonyl (C=O) groups is 2. The van der Waals surface area contributed by atoms with E-state index >= 15 is 0 Å². The van der Waals surface area contributed by atoms with E-state index in [9.17, 15) is 24.2 Å². The van der Waals surface area contributed by atoms with E-state index in [-0.39, 0.29) is 24.1 Å². The van der Waals surface area contributed by atoms with Crippen LogP contribution in [0.1, 0.15) is 49.2 Å². The van der Waals surface area contributed by atoms with Crippen LogP contribution in [0.2, 0.25) is 0 Å².